The number of hydrogen-bond donors (Lipinski definition) is 2. The maximum absolute atomic E-state index is 5.15. The lowest BCUT2D eigenvalue weighted by molar-refractivity contribution is 0.394. The molecule has 1 aliphatic rings. The lowest BCUT2D eigenvalue weighted by Crippen LogP contribution is -2.31. The highest BCUT2D eigenvalue weighted by Crippen LogP contribution is 2.22. The highest BCUT2D eigenvalue weighted by molar-refractivity contribution is 9.10. The number of halogens is 1. The van der Waals surface area contributed by atoms with Gasteiger partial charge in [-0.3, -0.25) is 0 Å². The lowest BCUT2D eigenvalue weighted by Gasteiger charge is -2.16. The molecule has 94 valence electrons. The molecule has 2 N–H and O–H groups in total. The standard InChI is InChI=1S/C11H17BrN4O/c1-17-10-9(12)7-14-11(16-10)15-8-4-2-3-5-13-6-8/h7-8,13H,2-6H2,1H3,(H,14,15,16). The van der Waals surface area contributed by atoms with Crippen molar-refractivity contribution in [3.05, 3.63) is 10.7 Å². The zero-order valence-electron chi connectivity index (χ0n) is 9.87. The Morgan fingerprint density at radius 1 is 1.53 bits per heavy atom. The van der Waals surface area contributed by atoms with Crippen LogP contribution in [0.1, 0.15) is 19.3 Å². The molecule has 0 amide bonds. The van der Waals surface area contributed by atoms with E-state index in [1.165, 1.54) is 12.8 Å². The van der Waals surface area contributed by atoms with Gasteiger partial charge >= 0.3 is 0 Å². The summed E-state index contributed by atoms with van der Waals surface area (Å²) in [5.41, 5.74) is 0. The number of methoxy groups -OCH3 is 1. The lowest BCUT2D eigenvalue weighted by atomic mass is 10.1. The highest BCUT2D eigenvalue weighted by atomic mass is 79.9. The van der Waals surface area contributed by atoms with Crippen LogP contribution in [0.2, 0.25) is 0 Å². The molecule has 0 spiro atoms. The van der Waals surface area contributed by atoms with E-state index in [1.807, 2.05) is 0 Å². The Morgan fingerprint density at radius 3 is 3.24 bits per heavy atom. The maximum Gasteiger partial charge on any atom is 0.232 e. The number of nitrogens with zero attached hydrogens (tertiary/aromatic N) is 2. The minimum Gasteiger partial charge on any atom is -0.480 e. The summed E-state index contributed by atoms with van der Waals surface area (Å²) in [6.45, 7) is 2.06. The molecule has 0 aromatic carbocycles. The maximum atomic E-state index is 5.15. The van der Waals surface area contributed by atoms with Crippen molar-refractivity contribution in [2.24, 2.45) is 0 Å². The van der Waals surface area contributed by atoms with Crippen molar-refractivity contribution in [3.8, 4) is 5.88 Å². The van der Waals surface area contributed by atoms with Crippen molar-refractivity contribution in [1.29, 1.82) is 0 Å². The van der Waals surface area contributed by atoms with Gasteiger partial charge in [0.25, 0.3) is 0 Å². The van der Waals surface area contributed by atoms with Crippen molar-refractivity contribution >= 4 is 21.9 Å². The fourth-order valence-corrected chi connectivity index (χ4v) is 2.24. The molecule has 1 aromatic rings. The first-order valence-corrected chi connectivity index (χ1v) is 6.62. The van der Waals surface area contributed by atoms with Crippen LogP contribution in [0.5, 0.6) is 5.88 Å². The summed E-state index contributed by atoms with van der Waals surface area (Å²) in [4.78, 5) is 8.53. The zero-order chi connectivity index (χ0) is 12.1. The zero-order valence-corrected chi connectivity index (χ0v) is 11.5. The van der Waals surface area contributed by atoms with Crippen LogP contribution in [0, 0.1) is 0 Å². The van der Waals surface area contributed by atoms with E-state index < -0.39 is 0 Å². The first kappa shape index (κ1) is 12.6. The average Bonchev–Trinajstić information content (AvgIpc) is 2.60. The molecule has 1 atom stereocenters. The molecule has 1 saturated heterocycles. The van der Waals surface area contributed by atoms with Gasteiger partial charge in [-0.05, 0) is 35.3 Å². The molecule has 2 heterocycles. The monoisotopic (exact) mass is 300 g/mol. The molecule has 5 nitrogen and oxygen atoms in total. The van der Waals surface area contributed by atoms with Gasteiger partial charge in [-0.1, -0.05) is 6.42 Å². The first-order chi connectivity index (χ1) is 8.29. The fourth-order valence-electron chi connectivity index (χ4n) is 1.89. The van der Waals surface area contributed by atoms with Crippen LogP contribution in [0.25, 0.3) is 0 Å². The molecule has 17 heavy (non-hydrogen) atoms. The van der Waals surface area contributed by atoms with Gasteiger partial charge in [0.15, 0.2) is 0 Å². The summed E-state index contributed by atoms with van der Waals surface area (Å²) in [6.07, 6.45) is 5.33. The van der Waals surface area contributed by atoms with Crippen LogP contribution in [0.4, 0.5) is 5.95 Å². The molecule has 0 saturated carbocycles. The van der Waals surface area contributed by atoms with Crippen LogP contribution >= 0.6 is 15.9 Å². The summed E-state index contributed by atoms with van der Waals surface area (Å²) in [5, 5.41) is 6.74. The number of rotatable bonds is 3. The van der Waals surface area contributed by atoms with E-state index in [0.717, 1.165) is 24.0 Å². The second-order valence-electron chi connectivity index (χ2n) is 4.09. The van der Waals surface area contributed by atoms with Crippen LogP contribution in [0.3, 0.4) is 0 Å². The SMILES string of the molecule is COc1nc(NC2CCCCNC2)ncc1Br. The Hall–Kier alpha value is -0.880. The number of nitrogens with one attached hydrogen (secondary N) is 2. The summed E-state index contributed by atoms with van der Waals surface area (Å²) in [7, 11) is 1.60. The normalized spacial score (nSPS) is 20.7. The molecule has 1 fully saturated rings. The van der Waals surface area contributed by atoms with Gasteiger partial charge in [-0.2, -0.15) is 4.98 Å². The largest absolute Gasteiger partial charge is 0.480 e. The smallest absolute Gasteiger partial charge is 0.232 e. The quantitative estimate of drug-likeness (QED) is 0.891. The minimum absolute atomic E-state index is 0.392. The third-order valence-electron chi connectivity index (χ3n) is 2.79. The van der Waals surface area contributed by atoms with Crippen molar-refractivity contribution in [2.75, 3.05) is 25.5 Å². The number of ether oxygens (including phenoxy) is 1. The summed E-state index contributed by atoms with van der Waals surface area (Å²) in [6, 6.07) is 0.392. The first-order valence-electron chi connectivity index (χ1n) is 5.83. The van der Waals surface area contributed by atoms with Crippen molar-refractivity contribution < 1.29 is 4.74 Å². The summed E-state index contributed by atoms with van der Waals surface area (Å²) >= 11 is 3.34. The van der Waals surface area contributed by atoms with E-state index in [0.29, 0.717) is 17.9 Å². The van der Waals surface area contributed by atoms with Gasteiger partial charge in [0.2, 0.25) is 11.8 Å². The Bertz CT molecular complexity index is 366. The van der Waals surface area contributed by atoms with Crippen LogP contribution < -0.4 is 15.4 Å². The number of anilines is 1. The van der Waals surface area contributed by atoms with Crippen molar-refractivity contribution in [3.63, 3.8) is 0 Å². The number of hydrogen-bond acceptors (Lipinski definition) is 5. The second-order valence-corrected chi connectivity index (χ2v) is 4.95. The topological polar surface area (TPSA) is 59.1 Å². The van der Waals surface area contributed by atoms with Gasteiger partial charge in [0.1, 0.15) is 0 Å². The van der Waals surface area contributed by atoms with Crippen LogP contribution in [0.15, 0.2) is 10.7 Å². The molecular weight excluding hydrogens is 284 g/mol. The Balaban J connectivity index is 2.01. The highest BCUT2D eigenvalue weighted by Gasteiger charge is 2.13. The molecule has 2 rings (SSSR count). The number of aromatic nitrogens is 2. The summed E-state index contributed by atoms with van der Waals surface area (Å²) < 4.78 is 5.91. The van der Waals surface area contributed by atoms with Crippen LogP contribution in [-0.4, -0.2) is 36.2 Å². The van der Waals surface area contributed by atoms with Gasteiger partial charge in [0.05, 0.1) is 17.8 Å². The molecule has 1 aromatic heterocycles. The average molecular weight is 301 g/mol. The predicted octanol–water partition coefficient (Wildman–Crippen LogP) is 1.80. The molecule has 1 aliphatic heterocycles. The van der Waals surface area contributed by atoms with E-state index in [9.17, 15) is 0 Å². The Labute approximate surface area is 110 Å². The van der Waals surface area contributed by atoms with Gasteiger partial charge in [-0.25, -0.2) is 4.98 Å². The van der Waals surface area contributed by atoms with Crippen molar-refractivity contribution in [1.82, 2.24) is 15.3 Å². The van der Waals surface area contributed by atoms with E-state index in [2.05, 4.69) is 36.5 Å². The summed E-state index contributed by atoms with van der Waals surface area (Å²) in [5.74, 6) is 1.18. The van der Waals surface area contributed by atoms with E-state index in [1.54, 1.807) is 13.3 Å². The Kier molecular flexibility index (Phi) is 4.56. The molecular formula is C11H17BrN4O. The van der Waals surface area contributed by atoms with Crippen LogP contribution in [-0.2, 0) is 0 Å². The second kappa shape index (κ2) is 6.16. The van der Waals surface area contributed by atoms with Gasteiger partial charge in [-0.15, -0.1) is 0 Å². The molecule has 0 bridgehead atoms. The third kappa shape index (κ3) is 3.54. The van der Waals surface area contributed by atoms with Gasteiger partial charge < -0.3 is 15.4 Å². The third-order valence-corrected chi connectivity index (χ3v) is 3.33. The molecule has 6 heteroatoms. The van der Waals surface area contributed by atoms with E-state index in [4.69, 9.17) is 4.74 Å². The van der Waals surface area contributed by atoms with E-state index >= 15 is 0 Å². The fraction of sp³-hybridized carbons (Fsp3) is 0.636. The predicted molar refractivity (Wildman–Crippen MR) is 70.4 cm³/mol. The van der Waals surface area contributed by atoms with E-state index in [-0.39, 0.29) is 0 Å². The molecule has 0 radical (unpaired) electrons. The molecule has 0 aliphatic carbocycles. The minimum atomic E-state index is 0.392. The van der Waals surface area contributed by atoms with Crippen molar-refractivity contribution in [2.45, 2.75) is 25.3 Å². The molecule has 1 unspecified atom stereocenters. The van der Waals surface area contributed by atoms with Gasteiger partial charge in [0, 0.05) is 12.6 Å². The Morgan fingerprint density at radius 2 is 2.41 bits per heavy atom.